The van der Waals surface area contributed by atoms with Crippen molar-refractivity contribution in [3.8, 4) is 0 Å². The topological polar surface area (TPSA) is 63.9 Å². The average molecular weight is 151 g/mol. The first kappa shape index (κ1) is 9.06. The summed E-state index contributed by atoms with van der Waals surface area (Å²) in [5.41, 5.74) is 0. The Morgan fingerprint density at radius 2 is 1.67 bits per heavy atom. The third-order valence-corrected chi connectivity index (χ3v) is 1.79. The van der Waals surface area contributed by atoms with E-state index in [0.717, 1.165) is 0 Å². The third kappa shape index (κ3) is 8.06. The third-order valence-electron chi connectivity index (χ3n) is 0.894. The largest absolute Gasteiger partial charge is 0.494 e. The van der Waals surface area contributed by atoms with Gasteiger partial charge in [0.2, 0.25) is 0 Å². The van der Waals surface area contributed by atoms with Crippen LogP contribution in [0.3, 0.4) is 0 Å². The van der Waals surface area contributed by atoms with Crippen LogP contribution in [-0.4, -0.2) is 48.7 Å². The first-order valence-electron chi connectivity index (χ1n) is 2.74. The molecule has 5 heteroatoms. The summed E-state index contributed by atoms with van der Waals surface area (Å²) in [7, 11) is -0.150. The molecule has 0 radical (unpaired) electrons. The zero-order valence-electron chi connectivity index (χ0n) is 5.70. The highest BCUT2D eigenvalue weighted by molar-refractivity contribution is 6.56. The molecule has 0 aromatic carbocycles. The lowest BCUT2D eigenvalue weighted by Crippen LogP contribution is -2.37. The van der Waals surface area contributed by atoms with E-state index in [9.17, 15) is 0 Å². The Kier molecular flexibility index (Phi) is 3.30. The predicted octanol–water partition coefficient (Wildman–Crippen LogP) is -1.54. The summed E-state index contributed by atoms with van der Waals surface area (Å²) in [6.45, 7) is 0.510. The molecule has 0 fully saturated rings. The van der Waals surface area contributed by atoms with Gasteiger partial charge in [-0.05, 0) is 14.1 Å². The van der Waals surface area contributed by atoms with Crippen LogP contribution in [0, 0.1) is 0 Å². The molecular weight excluding hydrogens is 138 g/mol. The van der Waals surface area contributed by atoms with Crippen LogP contribution in [0.15, 0.2) is 0 Å². The Bertz CT molecular complexity index is 80.4. The number of nitrogens with zero attached hydrogens (tertiary/aromatic N) is 1. The summed E-state index contributed by atoms with van der Waals surface area (Å²) < 4.78 is 0. The van der Waals surface area contributed by atoms with Crippen LogP contribution in [0.2, 0.25) is 6.04 Å². The summed E-state index contributed by atoms with van der Waals surface area (Å²) >= 11 is 0. The van der Waals surface area contributed by atoms with Crippen molar-refractivity contribution in [1.82, 2.24) is 4.90 Å². The average Bonchev–Trinajstić information content (AvgIpc) is 1.59. The highest BCUT2D eigenvalue weighted by atomic mass is 28.4. The molecule has 0 rings (SSSR count). The minimum absolute atomic E-state index is 0.0833. The summed E-state index contributed by atoms with van der Waals surface area (Å²) in [5.74, 6) is 0. The Balaban J connectivity index is 3.28. The molecule has 0 aliphatic heterocycles. The zero-order valence-corrected chi connectivity index (χ0v) is 6.70. The van der Waals surface area contributed by atoms with E-state index in [0.29, 0.717) is 6.54 Å². The molecule has 0 aromatic heterocycles. The Hall–Kier alpha value is 0.0569. The molecule has 0 amide bonds. The maximum Gasteiger partial charge on any atom is 0.494 e. The van der Waals surface area contributed by atoms with Crippen LogP contribution in [0.1, 0.15) is 0 Å². The lowest BCUT2D eigenvalue weighted by Gasteiger charge is -2.12. The van der Waals surface area contributed by atoms with E-state index in [2.05, 4.69) is 0 Å². The van der Waals surface area contributed by atoms with Gasteiger partial charge in [0.25, 0.3) is 0 Å². The molecule has 0 aliphatic rings. The molecule has 0 spiro atoms. The van der Waals surface area contributed by atoms with Crippen molar-refractivity contribution in [2.45, 2.75) is 6.04 Å². The second-order valence-electron chi connectivity index (χ2n) is 2.33. The van der Waals surface area contributed by atoms with Crippen molar-refractivity contribution in [3.05, 3.63) is 0 Å². The van der Waals surface area contributed by atoms with E-state index in [-0.39, 0.29) is 6.04 Å². The van der Waals surface area contributed by atoms with Crippen LogP contribution in [-0.2, 0) is 0 Å². The standard InChI is InChI=1S/C4H13NO3Si/c1-5(2)3-4-9(6,7)8/h6-8H,3-4H2,1-2H3. The maximum atomic E-state index is 8.49. The van der Waals surface area contributed by atoms with Gasteiger partial charge in [-0.1, -0.05) is 0 Å². The molecule has 4 nitrogen and oxygen atoms in total. The van der Waals surface area contributed by atoms with E-state index in [1.807, 2.05) is 0 Å². The van der Waals surface area contributed by atoms with Crippen LogP contribution < -0.4 is 0 Å². The molecule has 0 bridgehead atoms. The fourth-order valence-electron chi connectivity index (χ4n) is 0.374. The van der Waals surface area contributed by atoms with Gasteiger partial charge in [-0.25, -0.2) is 0 Å². The van der Waals surface area contributed by atoms with Gasteiger partial charge in [0.05, 0.1) is 0 Å². The molecule has 0 aliphatic carbocycles. The van der Waals surface area contributed by atoms with E-state index in [1.165, 1.54) is 0 Å². The number of hydrogen-bond acceptors (Lipinski definition) is 4. The molecule has 0 saturated heterocycles. The molecule has 0 saturated carbocycles. The van der Waals surface area contributed by atoms with E-state index in [4.69, 9.17) is 14.4 Å². The molecule has 0 atom stereocenters. The molecule has 0 unspecified atom stereocenters. The van der Waals surface area contributed by atoms with Gasteiger partial charge in [0.15, 0.2) is 0 Å². The van der Waals surface area contributed by atoms with Gasteiger partial charge in [0.1, 0.15) is 0 Å². The van der Waals surface area contributed by atoms with E-state index >= 15 is 0 Å². The van der Waals surface area contributed by atoms with Crippen LogP contribution in [0.5, 0.6) is 0 Å². The van der Waals surface area contributed by atoms with E-state index < -0.39 is 8.80 Å². The van der Waals surface area contributed by atoms with Crippen molar-refractivity contribution in [1.29, 1.82) is 0 Å². The van der Waals surface area contributed by atoms with Crippen molar-refractivity contribution in [2.24, 2.45) is 0 Å². The summed E-state index contributed by atoms with van der Waals surface area (Å²) in [4.78, 5) is 27.3. The Morgan fingerprint density at radius 3 is 1.78 bits per heavy atom. The van der Waals surface area contributed by atoms with Crippen molar-refractivity contribution in [3.63, 3.8) is 0 Å². The van der Waals surface area contributed by atoms with Crippen LogP contribution in [0.25, 0.3) is 0 Å². The van der Waals surface area contributed by atoms with Crippen molar-refractivity contribution >= 4 is 8.80 Å². The molecular formula is C4H13NO3Si. The second-order valence-corrected chi connectivity index (χ2v) is 4.38. The lowest BCUT2D eigenvalue weighted by molar-refractivity contribution is 0.220. The van der Waals surface area contributed by atoms with Gasteiger partial charge < -0.3 is 19.3 Å². The summed E-state index contributed by atoms with van der Waals surface area (Å²) in [6, 6.07) is 0.0833. The van der Waals surface area contributed by atoms with Crippen molar-refractivity contribution < 1.29 is 14.4 Å². The smallest absolute Gasteiger partial charge is 0.390 e. The minimum Gasteiger partial charge on any atom is -0.390 e. The van der Waals surface area contributed by atoms with Gasteiger partial charge in [-0.2, -0.15) is 0 Å². The number of hydrogen-bond donors (Lipinski definition) is 3. The molecule has 0 heterocycles. The SMILES string of the molecule is CN(C)CC[Si](O)(O)O. The van der Waals surface area contributed by atoms with Gasteiger partial charge >= 0.3 is 8.80 Å². The predicted molar refractivity (Wildman–Crippen MR) is 35.8 cm³/mol. The summed E-state index contributed by atoms with van der Waals surface area (Å²) in [6.07, 6.45) is 0. The minimum atomic E-state index is -3.76. The monoisotopic (exact) mass is 151 g/mol. The van der Waals surface area contributed by atoms with Gasteiger partial charge in [-0.3, -0.25) is 0 Å². The maximum absolute atomic E-state index is 8.49. The summed E-state index contributed by atoms with van der Waals surface area (Å²) in [5, 5.41) is 0. The first-order chi connectivity index (χ1) is 3.92. The molecule has 56 valence electrons. The van der Waals surface area contributed by atoms with Crippen LogP contribution >= 0.6 is 0 Å². The quantitative estimate of drug-likeness (QED) is 0.428. The lowest BCUT2D eigenvalue weighted by atomic mass is 10.7. The first-order valence-corrected chi connectivity index (χ1v) is 4.78. The van der Waals surface area contributed by atoms with E-state index in [1.54, 1.807) is 19.0 Å². The molecule has 0 aromatic rings. The van der Waals surface area contributed by atoms with Gasteiger partial charge in [-0.15, -0.1) is 0 Å². The fourth-order valence-corrected chi connectivity index (χ4v) is 1.12. The fraction of sp³-hybridized carbons (Fsp3) is 1.00. The number of rotatable bonds is 3. The van der Waals surface area contributed by atoms with Crippen molar-refractivity contribution in [2.75, 3.05) is 20.6 Å². The Labute approximate surface area is 55.7 Å². The highest BCUT2D eigenvalue weighted by Gasteiger charge is 2.25. The zero-order chi connectivity index (χ0) is 7.49. The Morgan fingerprint density at radius 1 is 1.22 bits per heavy atom. The second kappa shape index (κ2) is 3.28. The molecule has 9 heavy (non-hydrogen) atoms. The normalized spacial score (nSPS) is 12.7. The van der Waals surface area contributed by atoms with Crippen LogP contribution in [0.4, 0.5) is 0 Å². The highest BCUT2D eigenvalue weighted by Crippen LogP contribution is 1.95. The molecule has 3 N–H and O–H groups in total. The van der Waals surface area contributed by atoms with Gasteiger partial charge in [0, 0.05) is 12.6 Å².